The lowest BCUT2D eigenvalue weighted by molar-refractivity contribution is 0.156. The zero-order valence-electron chi connectivity index (χ0n) is 16.2. The van der Waals surface area contributed by atoms with Gasteiger partial charge in [0.05, 0.1) is 5.56 Å². The predicted octanol–water partition coefficient (Wildman–Crippen LogP) is 6.03. The van der Waals surface area contributed by atoms with E-state index in [1.165, 1.54) is 0 Å². The molecule has 3 aromatic rings. The molecule has 4 rings (SSSR count). The van der Waals surface area contributed by atoms with Crippen LogP contribution in [0.1, 0.15) is 30.5 Å². The van der Waals surface area contributed by atoms with Crippen LogP contribution < -0.4 is 14.2 Å². The van der Waals surface area contributed by atoms with Crippen LogP contribution in [0.15, 0.2) is 78.9 Å². The van der Waals surface area contributed by atoms with Gasteiger partial charge in [0.1, 0.15) is 36.1 Å². The molecule has 3 heteroatoms. The normalized spacial score (nSPS) is 14.1. The molecule has 0 N–H and O–H groups in total. The summed E-state index contributed by atoms with van der Waals surface area (Å²) in [7, 11) is 0. The Bertz CT molecular complexity index is 960. The highest BCUT2D eigenvalue weighted by Gasteiger charge is 2.25. The molecule has 0 unspecified atom stereocenters. The minimum atomic E-state index is -0.359. The summed E-state index contributed by atoms with van der Waals surface area (Å²) < 4.78 is 18.3. The van der Waals surface area contributed by atoms with Gasteiger partial charge in [-0.1, -0.05) is 60.7 Å². The molecule has 142 valence electrons. The second-order valence-corrected chi connectivity index (χ2v) is 7.42. The van der Waals surface area contributed by atoms with E-state index in [0.717, 1.165) is 33.9 Å². The minimum absolute atomic E-state index is 0.359. The number of ether oxygens (including phenoxy) is 3. The first-order valence-corrected chi connectivity index (χ1v) is 9.49. The Kier molecular flexibility index (Phi) is 5.07. The topological polar surface area (TPSA) is 27.7 Å². The van der Waals surface area contributed by atoms with E-state index in [1.807, 2.05) is 74.5 Å². The highest BCUT2D eigenvalue weighted by molar-refractivity contribution is 5.69. The zero-order valence-corrected chi connectivity index (χ0v) is 16.2. The number of fused-ring (bicyclic) bond motifs is 1. The summed E-state index contributed by atoms with van der Waals surface area (Å²) in [6.07, 6.45) is 4.12. The van der Waals surface area contributed by atoms with Crippen molar-refractivity contribution >= 4 is 6.08 Å². The van der Waals surface area contributed by atoms with E-state index in [-0.39, 0.29) is 5.60 Å². The van der Waals surface area contributed by atoms with Crippen LogP contribution in [0.2, 0.25) is 0 Å². The average molecular weight is 372 g/mol. The summed E-state index contributed by atoms with van der Waals surface area (Å²) in [6, 6.07) is 24.1. The van der Waals surface area contributed by atoms with Crippen LogP contribution in [0.3, 0.4) is 0 Å². The van der Waals surface area contributed by atoms with Crippen molar-refractivity contribution in [1.29, 1.82) is 0 Å². The van der Waals surface area contributed by atoms with Crippen molar-refractivity contribution in [2.24, 2.45) is 0 Å². The summed E-state index contributed by atoms with van der Waals surface area (Å²) in [5, 5.41) is 0. The fourth-order valence-corrected chi connectivity index (χ4v) is 3.11. The Labute approximate surface area is 166 Å². The van der Waals surface area contributed by atoms with E-state index in [2.05, 4.69) is 24.3 Å². The third-order valence-electron chi connectivity index (χ3n) is 4.59. The lowest BCUT2D eigenvalue weighted by Gasteiger charge is -2.29. The maximum Gasteiger partial charge on any atom is 0.135 e. The third-order valence-corrected chi connectivity index (χ3v) is 4.59. The van der Waals surface area contributed by atoms with Crippen LogP contribution in [0.4, 0.5) is 0 Å². The third kappa shape index (κ3) is 4.37. The Hall–Kier alpha value is -3.20. The molecular weight excluding hydrogens is 348 g/mol. The zero-order chi connectivity index (χ0) is 19.4. The fourth-order valence-electron chi connectivity index (χ4n) is 3.11. The number of benzene rings is 3. The van der Waals surface area contributed by atoms with Gasteiger partial charge in [-0.2, -0.15) is 0 Å². The van der Waals surface area contributed by atoms with Gasteiger partial charge < -0.3 is 14.2 Å². The summed E-state index contributed by atoms with van der Waals surface area (Å²) in [6.45, 7) is 5.06. The van der Waals surface area contributed by atoms with Gasteiger partial charge in [0, 0.05) is 12.1 Å². The molecule has 0 aromatic heterocycles. The van der Waals surface area contributed by atoms with E-state index in [9.17, 15) is 0 Å². The van der Waals surface area contributed by atoms with Crippen LogP contribution in [0.5, 0.6) is 17.2 Å². The first kappa shape index (κ1) is 18.2. The first-order chi connectivity index (χ1) is 13.6. The van der Waals surface area contributed by atoms with E-state index >= 15 is 0 Å². The quantitative estimate of drug-likeness (QED) is 0.529. The molecule has 0 amide bonds. The van der Waals surface area contributed by atoms with E-state index in [4.69, 9.17) is 14.2 Å². The SMILES string of the molecule is CC1(C)C=Cc2c(OCc3ccccc3)cc(OCc3ccccc3)cc2O1. The van der Waals surface area contributed by atoms with Gasteiger partial charge in [0.2, 0.25) is 0 Å². The Morgan fingerprint density at radius 2 is 1.39 bits per heavy atom. The molecule has 1 heterocycles. The van der Waals surface area contributed by atoms with Crippen LogP contribution in [-0.2, 0) is 13.2 Å². The molecule has 0 aliphatic carbocycles. The molecule has 0 saturated heterocycles. The van der Waals surface area contributed by atoms with Crippen molar-refractivity contribution in [3.05, 3.63) is 95.6 Å². The number of hydrogen-bond acceptors (Lipinski definition) is 3. The molecule has 28 heavy (non-hydrogen) atoms. The number of rotatable bonds is 6. The number of hydrogen-bond donors (Lipinski definition) is 0. The second kappa shape index (κ2) is 7.81. The average Bonchev–Trinajstić information content (AvgIpc) is 2.71. The minimum Gasteiger partial charge on any atom is -0.489 e. The van der Waals surface area contributed by atoms with Crippen molar-refractivity contribution in [3.8, 4) is 17.2 Å². The van der Waals surface area contributed by atoms with E-state index in [1.54, 1.807) is 0 Å². The molecule has 1 aliphatic rings. The van der Waals surface area contributed by atoms with Gasteiger partial charge in [0.15, 0.2) is 0 Å². The standard InChI is InChI=1S/C25H24O3/c1-25(2)14-13-22-23(27-18-20-11-7-4-8-12-20)15-21(16-24(22)28-25)26-17-19-9-5-3-6-10-19/h3-16H,17-18H2,1-2H3. The monoisotopic (exact) mass is 372 g/mol. The van der Waals surface area contributed by atoms with Crippen LogP contribution in [-0.4, -0.2) is 5.60 Å². The van der Waals surface area contributed by atoms with Gasteiger partial charge in [-0.15, -0.1) is 0 Å². The van der Waals surface area contributed by atoms with E-state index in [0.29, 0.717) is 13.2 Å². The van der Waals surface area contributed by atoms with Crippen molar-refractivity contribution < 1.29 is 14.2 Å². The first-order valence-electron chi connectivity index (χ1n) is 9.49. The Morgan fingerprint density at radius 3 is 2.04 bits per heavy atom. The molecule has 0 saturated carbocycles. The maximum atomic E-state index is 6.16. The van der Waals surface area contributed by atoms with Crippen molar-refractivity contribution in [2.75, 3.05) is 0 Å². The Morgan fingerprint density at radius 1 is 0.786 bits per heavy atom. The Balaban J connectivity index is 1.59. The summed E-state index contributed by atoms with van der Waals surface area (Å²) in [5.74, 6) is 2.27. The summed E-state index contributed by atoms with van der Waals surface area (Å²) >= 11 is 0. The molecule has 0 radical (unpaired) electrons. The van der Waals surface area contributed by atoms with Gasteiger partial charge in [-0.25, -0.2) is 0 Å². The van der Waals surface area contributed by atoms with E-state index < -0.39 is 0 Å². The lowest BCUT2D eigenvalue weighted by Crippen LogP contribution is -2.27. The summed E-state index contributed by atoms with van der Waals surface area (Å²) in [4.78, 5) is 0. The van der Waals surface area contributed by atoms with Crippen LogP contribution >= 0.6 is 0 Å². The van der Waals surface area contributed by atoms with Crippen molar-refractivity contribution in [3.63, 3.8) is 0 Å². The predicted molar refractivity (Wildman–Crippen MR) is 112 cm³/mol. The molecule has 0 fully saturated rings. The smallest absolute Gasteiger partial charge is 0.135 e. The van der Waals surface area contributed by atoms with Gasteiger partial charge in [0.25, 0.3) is 0 Å². The molecule has 3 aromatic carbocycles. The second-order valence-electron chi connectivity index (χ2n) is 7.42. The highest BCUT2D eigenvalue weighted by Crippen LogP contribution is 2.40. The highest BCUT2D eigenvalue weighted by atomic mass is 16.5. The van der Waals surface area contributed by atoms with Gasteiger partial charge in [-0.3, -0.25) is 0 Å². The molecule has 0 atom stereocenters. The molecule has 0 spiro atoms. The van der Waals surface area contributed by atoms with Crippen molar-refractivity contribution in [2.45, 2.75) is 32.7 Å². The molecule has 0 bridgehead atoms. The van der Waals surface area contributed by atoms with Crippen LogP contribution in [0, 0.1) is 0 Å². The van der Waals surface area contributed by atoms with Crippen molar-refractivity contribution in [1.82, 2.24) is 0 Å². The van der Waals surface area contributed by atoms with Gasteiger partial charge >= 0.3 is 0 Å². The maximum absolute atomic E-state index is 6.16. The largest absolute Gasteiger partial charge is 0.489 e. The van der Waals surface area contributed by atoms with Gasteiger partial charge in [-0.05, 0) is 37.1 Å². The molecule has 1 aliphatic heterocycles. The fraction of sp³-hybridized carbons (Fsp3) is 0.200. The lowest BCUT2D eigenvalue weighted by atomic mass is 10.0. The van der Waals surface area contributed by atoms with Crippen LogP contribution in [0.25, 0.3) is 6.08 Å². The molecular formula is C25H24O3. The summed E-state index contributed by atoms with van der Waals surface area (Å²) in [5.41, 5.74) is 2.82. The molecule has 3 nitrogen and oxygen atoms in total.